The van der Waals surface area contributed by atoms with Crippen molar-refractivity contribution >= 4 is 21.6 Å². The van der Waals surface area contributed by atoms with Gasteiger partial charge in [0, 0.05) is 38.4 Å². The van der Waals surface area contributed by atoms with E-state index in [-0.39, 0.29) is 18.1 Å². The molecule has 57 heavy (non-hydrogen) atoms. The predicted molar refractivity (Wildman–Crippen MR) is 209 cm³/mol. The average Bonchev–Trinajstić information content (AvgIpc) is 3.47. The van der Waals surface area contributed by atoms with Crippen molar-refractivity contribution in [2.75, 3.05) is 65.2 Å². The third-order valence-electron chi connectivity index (χ3n) is 12.4. The molecular formula is C41H62F9NO4S2. The SMILES string of the molecule is COCCCCCCSSCCCCCCN(C)CCOc1ccc2c(c1)CCC1C2CCC2(C)C(OCCCOC(C(F)(F)F)(C(F)(F)F)C(F)(F)F)CCC12. The molecule has 0 saturated heterocycles. The summed E-state index contributed by atoms with van der Waals surface area (Å²) in [6, 6.07) is 6.43. The van der Waals surface area contributed by atoms with Gasteiger partial charge in [-0.25, -0.2) is 0 Å². The number of likely N-dealkylation sites (N-methyl/N-ethyl adjacent to an activating group) is 1. The lowest BCUT2D eigenvalue weighted by Crippen LogP contribution is -2.67. The minimum atomic E-state index is -6.73. The summed E-state index contributed by atoms with van der Waals surface area (Å²) in [5.41, 5.74) is -3.85. The van der Waals surface area contributed by atoms with Crippen molar-refractivity contribution < 1.29 is 58.5 Å². The summed E-state index contributed by atoms with van der Waals surface area (Å²) in [6.45, 7) is 3.80. The molecule has 0 aromatic heterocycles. The molecule has 0 N–H and O–H groups in total. The summed E-state index contributed by atoms with van der Waals surface area (Å²) in [6.07, 6.45) is -5.90. The van der Waals surface area contributed by atoms with E-state index in [1.165, 1.54) is 67.6 Å². The van der Waals surface area contributed by atoms with Crippen LogP contribution in [-0.4, -0.2) is 100 Å². The topological polar surface area (TPSA) is 40.2 Å². The van der Waals surface area contributed by atoms with Crippen LogP contribution in [0.2, 0.25) is 0 Å². The van der Waals surface area contributed by atoms with Crippen molar-refractivity contribution in [1.82, 2.24) is 4.90 Å². The Morgan fingerprint density at radius 3 is 2.02 bits per heavy atom. The number of fused-ring (bicyclic) bond motifs is 5. The Morgan fingerprint density at radius 1 is 0.719 bits per heavy atom. The molecular weight excluding hydrogens is 806 g/mol. The fourth-order valence-corrected chi connectivity index (χ4v) is 11.6. The van der Waals surface area contributed by atoms with E-state index >= 15 is 0 Å². The molecule has 0 amide bonds. The normalized spacial score (nSPS) is 24.1. The number of nitrogens with zero attached hydrogens (tertiary/aromatic N) is 1. The fourth-order valence-electron chi connectivity index (χ4n) is 9.32. The van der Waals surface area contributed by atoms with Gasteiger partial charge in [-0.3, -0.25) is 0 Å². The van der Waals surface area contributed by atoms with E-state index in [2.05, 4.69) is 41.8 Å². The van der Waals surface area contributed by atoms with Crippen LogP contribution < -0.4 is 4.74 Å². The molecule has 0 radical (unpaired) electrons. The Bertz CT molecular complexity index is 1300. The van der Waals surface area contributed by atoms with Crippen LogP contribution in [0.3, 0.4) is 0 Å². The highest BCUT2D eigenvalue weighted by molar-refractivity contribution is 8.76. The maximum absolute atomic E-state index is 13.2. The fraction of sp³-hybridized carbons (Fsp3) is 0.854. The molecule has 4 rings (SSSR count). The lowest BCUT2D eigenvalue weighted by atomic mass is 9.55. The first-order chi connectivity index (χ1) is 27.0. The van der Waals surface area contributed by atoms with Crippen molar-refractivity contribution in [2.45, 2.75) is 139 Å². The van der Waals surface area contributed by atoms with Crippen LogP contribution in [0.25, 0.3) is 0 Å². The van der Waals surface area contributed by atoms with E-state index in [4.69, 9.17) is 14.2 Å². The van der Waals surface area contributed by atoms with E-state index in [1.54, 1.807) is 7.11 Å². The molecule has 0 aliphatic heterocycles. The Hall–Kier alpha value is -1.07. The van der Waals surface area contributed by atoms with Gasteiger partial charge in [0.05, 0.1) is 12.7 Å². The third kappa shape index (κ3) is 12.7. The van der Waals surface area contributed by atoms with Gasteiger partial charge in [-0.1, -0.05) is 60.3 Å². The first-order valence-electron chi connectivity index (χ1n) is 20.6. The zero-order chi connectivity index (χ0) is 41.7. The minimum Gasteiger partial charge on any atom is -0.492 e. The summed E-state index contributed by atoms with van der Waals surface area (Å²) in [7, 11) is 7.91. The molecule has 0 bridgehead atoms. The van der Waals surface area contributed by atoms with E-state index in [1.807, 2.05) is 21.6 Å². The van der Waals surface area contributed by atoms with Gasteiger partial charge >= 0.3 is 24.1 Å². The second-order valence-corrected chi connectivity index (χ2v) is 19.0. The second kappa shape index (κ2) is 22.1. The first-order valence-corrected chi connectivity index (χ1v) is 23.1. The van der Waals surface area contributed by atoms with Crippen molar-refractivity contribution in [3.05, 3.63) is 29.3 Å². The summed E-state index contributed by atoms with van der Waals surface area (Å²) in [5, 5.41) is 0. The van der Waals surface area contributed by atoms with Crippen LogP contribution in [0.4, 0.5) is 39.5 Å². The number of unbranched alkanes of at least 4 members (excludes halogenated alkanes) is 6. The highest BCUT2D eigenvalue weighted by Crippen LogP contribution is 2.62. The van der Waals surface area contributed by atoms with Crippen LogP contribution >= 0.6 is 21.6 Å². The quantitative estimate of drug-likeness (QED) is 0.0551. The molecule has 5 atom stereocenters. The Morgan fingerprint density at radius 2 is 1.37 bits per heavy atom. The van der Waals surface area contributed by atoms with E-state index in [9.17, 15) is 39.5 Å². The van der Waals surface area contributed by atoms with Crippen LogP contribution in [0.1, 0.15) is 114 Å². The van der Waals surface area contributed by atoms with E-state index in [0.717, 1.165) is 64.0 Å². The van der Waals surface area contributed by atoms with Crippen molar-refractivity contribution in [3.63, 3.8) is 0 Å². The third-order valence-corrected chi connectivity index (χ3v) is 15.0. The molecule has 2 saturated carbocycles. The molecule has 0 heterocycles. The molecule has 5 unspecified atom stereocenters. The van der Waals surface area contributed by atoms with Gasteiger partial charge in [-0.2, -0.15) is 39.5 Å². The Balaban J connectivity index is 1.13. The summed E-state index contributed by atoms with van der Waals surface area (Å²) >= 11 is 0. The average molecular weight is 868 g/mol. The van der Waals surface area contributed by atoms with Crippen molar-refractivity contribution in [3.8, 4) is 5.75 Å². The number of halogens is 9. The molecule has 3 aliphatic rings. The Kier molecular flexibility index (Phi) is 18.9. The highest BCUT2D eigenvalue weighted by Gasteiger charge is 2.85. The summed E-state index contributed by atoms with van der Waals surface area (Å²) in [5.74, 6) is 4.42. The molecule has 3 aliphatic carbocycles. The number of aryl methyl sites for hydroxylation is 1. The maximum atomic E-state index is 13.2. The number of hydrogen-bond donors (Lipinski definition) is 0. The molecule has 16 heteroatoms. The zero-order valence-corrected chi connectivity index (χ0v) is 35.2. The standard InChI is InChI=1S/C41H62F9NO4S2/c1-37-20-19-33-32-16-14-31(53-26-22-51(2)21-8-4-6-10-27-56-57-28-11-7-5-9-23-52-3)29-30(32)13-15-34(33)35(37)17-18-36(37)54-24-12-25-55-38(39(42,43)44,40(45,46)47)41(48,49)50/h14,16,29,33-36H,4-13,15,17-28H2,1-3H3. The zero-order valence-electron chi connectivity index (χ0n) is 33.6. The van der Waals surface area contributed by atoms with Crippen molar-refractivity contribution in [1.29, 1.82) is 0 Å². The first kappa shape index (κ1) is 48.6. The predicted octanol–water partition coefficient (Wildman–Crippen LogP) is 12.2. The maximum Gasteiger partial charge on any atom is 0.435 e. The van der Waals surface area contributed by atoms with Gasteiger partial charge in [-0.05, 0) is 131 Å². The molecule has 2 fully saturated rings. The molecule has 5 nitrogen and oxygen atoms in total. The Labute approximate surface area is 341 Å². The monoisotopic (exact) mass is 867 g/mol. The summed E-state index contributed by atoms with van der Waals surface area (Å²) < 4.78 is 140. The minimum absolute atomic E-state index is 0.246. The highest BCUT2D eigenvalue weighted by atomic mass is 33.1. The van der Waals surface area contributed by atoms with E-state index in [0.29, 0.717) is 30.8 Å². The number of methoxy groups -OCH3 is 1. The molecule has 0 spiro atoms. The van der Waals surface area contributed by atoms with Crippen LogP contribution in [0.15, 0.2) is 18.2 Å². The molecule has 1 aromatic carbocycles. The van der Waals surface area contributed by atoms with Gasteiger partial charge in [0.2, 0.25) is 0 Å². The number of hydrogen-bond acceptors (Lipinski definition) is 7. The number of rotatable bonds is 25. The van der Waals surface area contributed by atoms with Crippen LogP contribution in [0.5, 0.6) is 5.75 Å². The second-order valence-electron chi connectivity index (χ2n) is 16.3. The number of alkyl halides is 9. The van der Waals surface area contributed by atoms with Crippen molar-refractivity contribution in [2.24, 2.45) is 17.3 Å². The van der Waals surface area contributed by atoms with Crippen LogP contribution in [0, 0.1) is 17.3 Å². The lowest BCUT2D eigenvalue weighted by Gasteiger charge is -2.50. The lowest BCUT2D eigenvalue weighted by molar-refractivity contribution is -0.457. The molecule has 330 valence electrons. The summed E-state index contributed by atoms with van der Waals surface area (Å²) in [4.78, 5) is 2.33. The van der Waals surface area contributed by atoms with Gasteiger partial charge in [-0.15, -0.1) is 0 Å². The van der Waals surface area contributed by atoms with Gasteiger partial charge in [0.25, 0.3) is 0 Å². The van der Waals surface area contributed by atoms with Gasteiger partial charge < -0.3 is 23.8 Å². The molecule has 1 aromatic rings. The largest absolute Gasteiger partial charge is 0.492 e. The van der Waals surface area contributed by atoms with E-state index < -0.39 is 37.2 Å². The smallest absolute Gasteiger partial charge is 0.435 e. The van der Waals surface area contributed by atoms with Gasteiger partial charge in [0.1, 0.15) is 12.4 Å². The van der Waals surface area contributed by atoms with Crippen LogP contribution in [-0.2, 0) is 20.6 Å². The van der Waals surface area contributed by atoms with Gasteiger partial charge in [0.15, 0.2) is 0 Å². The number of ether oxygens (including phenoxy) is 4. The number of benzene rings is 1.